The molecule has 1 aromatic heterocycles. The zero-order chi connectivity index (χ0) is 37.7. The number of methoxy groups -OCH3 is 1. The van der Waals surface area contributed by atoms with E-state index in [1.54, 1.807) is 0 Å². The summed E-state index contributed by atoms with van der Waals surface area (Å²) < 4.78 is 134. The number of hydrogen-bond acceptors (Lipinski definition) is 6. The van der Waals surface area contributed by atoms with Crippen LogP contribution in [-0.4, -0.2) is 31.6 Å². The van der Waals surface area contributed by atoms with Crippen molar-refractivity contribution in [3.05, 3.63) is 82.0 Å². The zero-order valence-electron chi connectivity index (χ0n) is 27.7. The number of carboxylic acid groups (broad SMARTS) is 1. The second-order valence-corrected chi connectivity index (χ2v) is 15.9. The number of rotatable bonds is 8. The van der Waals surface area contributed by atoms with Gasteiger partial charge in [0.15, 0.2) is 5.03 Å². The maximum Gasteiger partial charge on any atom is 0.417 e. The smallest absolute Gasteiger partial charge is 0.417 e. The molecule has 16 heteroatoms. The molecular weight excluding hydrogens is 726 g/mol. The molecule has 51 heavy (non-hydrogen) atoms. The molecule has 0 spiro atoms. The monoisotopic (exact) mass is 758 g/mol. The fourth-order valence-electron chi connectivity index (χ4n) is 6.40. The highest BCUT2D eigenvalue weighted by atomic mass is 32.2. The minimum atomic E-state index is -5.07. The first-order valence-electron chi connectivity index (χ1n) is 15.6. The second-order valence-electron chi connectivity index (χ2n) is 13.4. The Morgan fingerprint density at radius 1 is 0.902 bits per heavy atom. The van der Waals surface area contributed by atoms with Gasteiger partial charge in [-0.05, 0) is 77.8 Å². The van der Waals surface area contributed by atoms with E-state index in [2.05, 4.69) is 25.8 Å². The summed E-state index contributed by atoms with van der Waals surface area (Å²) in [7, 11) is -3.61. The molecule has 0 amide bonds. The lowest BCUT2D eigenvalue weighted by molar-refractivity contribution is -0.137. The van der Waals surface area contributed by atoms with E-state index in [4.69, 9.17) is 9.84 Å². The molecule has 0 radical (unpaired) electrons. The molecule has 5 rings (SSSR count). The van der Waals surface area contributed by atoms with E-state index in [1.807, 2.05) is 4.72 Å². The van der Waals surface area contributed by atoms with Crippen molar-refractivity contribution >= 4 is 33.0 Å². The standard InChI is InChI=1S/C35H33F7N2O5S2/c1-33(2,3)21-9-5-18(6-10-21)19-7-11-22(25(13-19)34(37,38)39)20-8-12-23(26(14-20)35(40,41)42)31-43-30(17-50-31)51(47,48)44-28-16-27(36)24(32(45)46)15-29(28)49-4/h7-8,11-18,21,44H,5-6,9-10H2,1-4H3,(H,45,46)/t18-,21-. The topological polar surface area (TPSA) is 106 Å². The number of nitrogens with one attached hydrogen (secondary N) is 1. The van der Waals surface area contributed by atoms with Gasteiger partial charge in [0.2, 0.25) is 0 Å². The van der Waals surface area contributed by atoms with Crippen LogP contribution in [0.3, 0.4) is 0 Å². The Bertz CT molecular complexity index is 2060. The van der Waals surface area contributed by atoms with Crippen LogP contribution in [0.2, 0.25) is 0 Å². The third-order valence-corrected chi connectivity index (χ3v) is 11.4. The number of aromatic carboxylic acids is 1. The molecule has 1 fully saturated rings. The molecule has 0 atom stereocenters. The van der Waals surface area contributed by atoms with Crippen LogP contribution in [0.1, 0.15) is 79.4 Å². The fraction of sp³-hybridized carbons (Fsp3) is 0.371. The number of ether oxygens (including phenoxy) is 1. The van der Waals surface area contributed by atoms with Gasteiger partial charge in [0.05, 0.1) is 29.5 Å². The molecule has 3 aromatic carbocycles. The van der Waals surface area contributed by atoms with Gasteiger partial charge in [-0.2, -0.15) is 34.8 Å². The van der Waals surface area contributed by atoms with Gasteiger partial charge < -0.3 is 9.84 Å². The lowest BCUT2D eigenvalue weighted by Gasteiger charge is -2.37. The molecule has 4 aromatic rings. The van der Waals surface area contributed by atoms with Gasteiger partial charge in [0.1, 0.15) is 16.6 Å². The van der Waals surface area contributed by atoms with Crippen molar-refractivity contribution in [3.8, 4) is 27.4 Å². The van der Waals surface area contributed by atoms with E-state index >= 15 is 0 Å². The van der Waals surface area contributed by atoms with E-state index in [9.17, 15) is 43.9 Å². The molecule has 1 aliphatic carbocycles. The number of benzene rings is 3. The van der Waals surface area contributed by atoms with Gasteiger partial charge in [0, 0.05) is 17.0 Å². The summed E-state index contributed by atoms with van der Waals surface area (Å²) in [5.74, 6) is -2.97. The molecule has 0 saturated heterocycles. The van der Waals surface area contributed by atoms with Crippen molar-refractivity contribution in [3.63, 3.8) is 0 Å². The van der Waals surface area contributed by atoms with Gasteiger partial charge in [-0.15, -0.1) is 11.3 Å². The van der Waals surface area contributed by atoms with Crippen LogP contribution in [0, 0.1) is 17.2 Å². The highest BCUT2D eigenvalue weighted by Crippen LogP contribution is 2.47. The van der Waals surface area contributed by atoms with E-state index in [-0.39, 0.29) is 22.6 Å². The summed E-state index contributed by atoms with van der Waals surface area (Å²) in [6.45, 7) is 6.40. The van der Waals surface area contributed by atoms with Crippen molar-refractivity contribution in [1.29, 1.82) is 0 Å². The van der Waals surface area contributed by atoms with E-state index < -0.39 is 77.7 Å². The molecule has 0 unspecified atom stereocenters. The Morgan fingerprint density at radius 2 is 1.51 bits per heavy atom. The lowest BCUT2D eigenvalue weighted by atomic mass is 9.68. The number of nitrogens with zero attached hydrogens (tertiary/aromatic N) is 1. The molecule has 7 nitrogen and oxygen atoms in total. The van der Waals surface area contributed by atoms with Gasteiger partial charge >= 0.3 is 18.3 Å². The zero-order valence-corrected chi connectivity index (χ0v) is 29.3. The summed E-state index contributed by atoms with van der Waals surface area (Å²) >= 11 is 0.525. The van der Waals surface area contributed by atoms with Crippen LogP contribution in [0.25, 0.3) is 21.7 Å². The number of hydrogen-bond donors (Lipinski definition) is 2. The minimum absolute atomic E-state index is 0.0756. The van der Waals surface area contributed by atoms with E-state index in [0.29, 0.717) is 47.8 Å². The fourth-order valence-corrected chi connectivity index (χ4v) is 8.59. The van der Waals surface area contributed by atoms with Crippen LogP contribution in [-0.2, 0) is 22.4 Å². The third kappa shape index (κ3) is 8.16. The maximum absolute atomic E-state index is 14.5. The van der Waals surface area contributed by atoms with Crippen molar-refractivity contribution < 1.29 is 53.8 Å². The summed E-state index contributed by atoms with van der Waals surface area (Å²) in [4.78, 5) is 15.1. The first-order valence-corrected chi connectivity index (χ1v) is 18.0. The van der Waals surface area contributed by atoms with Crippen LogP contribution in [0.15, 0.2) is 58.9 Å². The number of sulfonamides is 1. The summed E-state index contributed by atoms with van der Waals surface area (Å²) in [5, 5.41) is 8.88. The van der Waals surface area contributed by atoms with E-state index in [1.165, 1.54) is 12.1 Å². The SMILES string of the molecule is COc1cc(C(=O)O)c(F)cc1NS(=O)(=O)c1csc(-c2ccc(-c3ccc([C@H]4CC[C@H](C(C)(C)C)CC4)cc3C(F)(F)F)cc2C(F)(F)F)n1. The summed E-state index contributed by atoms with van der Waals surface area (Å²) in [6, 6.07) is 7.68. The highest BCUT2D eigenvalue weighted by Gasteiger charge is 2.39. The van der Waals surface area contributed by atoms with Crippen molar-refractivity contribution in [2.45, 2.75) is 69.8 Å². The van der Waals surface area contributed by atoms with Crippen LogP contribution >= 0.6 is 11.3 Å². The number of alkyl halides is 6. The average molecular weight is 759 g/mol. The Kier molecular flexibility index (Phi) is 10.3. The summed E-state index contributed by atoms with van der Waals surface area (Å²) in [5.41, 5.74) is -4.49. The van der Waals surface area contributed by atoms with Gasteiger partial charge in [-0.1, -0.05) is 45.0 Å². The largest absolute Gasteiger partial charge is 0.495 e. The molecule has 1 heterocycles. The molecule has 0 bridgehead atoms. The van der Waals surface area contributed by atoms with Gasteiger partial charge in [-0.3, -0.25) is 4.72 Å². The molecular formula is C35H33F7N2O5S2. The number of carboxylic acids is 1. The Balaban J connectivity index is 1.49. The third-order valence-electron chi connectivity index (χ3n) is 9.16. The quantitative estimate of drug-likeness (QED) is 0.173. The van der Waals surface area contributed by atoms with Gasteiger partial charge in [-0.25, -0.2) is 14.2 Å². The average Bonchev–Trinajstić information content (AvgIpc) is 3.54. The van der Waals surface area contributed by atoms with E-state index in [0.717, 1.165) is 49.6 Å². The second kappa shape index (κ2) is 13.7. The Hall–Kier alpha value is -4.18. The molecule has 1 aliphatic rings. The summed E-state index contributed by atoms with van der Waals surface area (Å²) in [6.07, 6.45) is -6.82. The number of anilines is 1. The van der Waals surface area contributed by atoms with Crippen molar-refractivity contribution in [2.75, 3.05) is 11.8 Å². The molecule has 1 saturated carbocycles. The number of thiazole rings is 1. The first kappa shape index (κ1) is 38.1. The normalized spacial score (nSPS) is 17.3. The first-order chi connectivity index (χ1) is 23.6. The minimum Gasteiger partial charge on any atom is -0.495 e. The predicted octanol–water partition coefficient (Wildman–Crippen LogP) is 10.5. The predicted molar refractivity (Wildman–Crippen MR) is 178 cm³/mol. The molecule has 2 N–H and O–H groups in total. The number of carbonyl (C=O) groups is 1. The van der Waals surface area contributed by atoms with Crippen LogP contribution < -0.4 is 9.46 Å². The number of halogens is 7. The van der Waals surface area contributed by atoms with Crippen molar-refractivity contribution in [2.24, 2.45) is 11.3 Å². The number of aromatic nitrogens is 1. The van der Waals surface area contributed by atoms with Crippen LogP contribution in [0.4, 0.5) is 36.4 Å². The van der Waals surface area contributed by atoms with Crippen molar-refractivity contribution in [1.82, 2.24) is 4.98 Å². The van der Waals surface area contributed by atoms with Gasteiger partial charge in [0.25, 0.3) is 10.0 Å². The lowest BCUT2D eigenvalue weighted by Crippen LogP contribution is -2.25. The molecule has 274 valence electrons. The molecule has 0 aliphatic heterocycles. The Labute approximate surface area is 293 Å². The van der Waals surface area contributed by atoms with Crippen LogP contribution in [0.5, 0.6) is 5.75 Å². The Morgan fingerprint density at radius 3 is 2.08 bits per heavy atom. The highest BCUT2D eigenvalue weighted by molar-refractivity contribution is 7.92. The maximum atomic E-state index is 14.5.